The average Bonchev–Trinajstić information content (AvgIpc) is 2.34. The summed E-state index contributed by atoms with van der Waals surface area (Å²) in [7, 11) is 0. The summed E-state index contributed by atoms with van der Waals surface area (Å²) in [5.41, 5.74) is 3.18. The molecule has 1 unspecified atom stereocenters. The summed E-state index contributed by atoms with van der Waals surface area (Å²) >= 11 is 0. The second-order valence-electron chi connectivity index (χ2n) is 5.26. The lowest BCUT2D eigenvalue weighted by Crippen LogP contribution is -2.43. The Morgan fingerprint density at radius 2 is 1.90 bits per heavy atom. The van der Waals surface area contributed by atoms with Crippen molar-refractivity contribution in [1.29, 1.82) is 0 Å². The predicted molar refractivity (Wildman–Crippen MR) is 79.4 cm³/mol. The number of amides is 1. The molecule has 0 saturated carbocycles. The third kappa shape index (κ3) is 4.53. The van der Waals surface area contributed by atoms with Gasteiger partial charge >= 0.3 is 5.97 Å². The number of hydrogen-bond acceptors (Lipinski definition) is 2. The Morgan fingerprint density at radius 3 is 2.40 bits per heavy atom. The second kappa shape index (κ2) is 6.89. The van der Waals surface area contributed by atoms with Gasteiger partial charge in [0.25, 0.3) is 0 Å². The van der Waals surface area contributed by atoms with E-state index >= 15 is 0 Å². The first kappa shape index (κ1) is 16.0. The molecule has 1 aromatic carbocycles. The minimum atomic E-state index is -1.02. The number of carboxylic acid groups (broad SMARTS) is 1. The van der Waals surface area contributed by atoms with Crippen LogP contribution in [0.5, 0.6) is 0 Å². The summed E-state index contributed by atoms with van der Waals surface area (Å²) < 4.78 is 0. The quantitative estimate of drug-likeness (QED) is 0.811. The van der Waals surface area contributed by atoms with Gasteiger partial charge in [-0.1, -0.05) is 37.6 Å². The van der Waals surface area contributed by atoms with Gasteiger partial charge in [-0.3, -0.25) is 4.79 Å². The van der Waals surface area contributed by atoms with E-state index in [4.69, 9.17) is 5.11 Å². The first-order valence-corrected chi connectivity index (χ1v) is 6.60. The van der Waals surface area contributed by atoms with E-state index in [9.17, 15) is 9.59 Å². The fourth-order valence-electron chi connectivity index (χ4n) is 1.89. The monoisotopic (exact) mass is 275 g/mol. The molecule has 4 heteroatoms. The van der Waals surface area contributed by atoms with E-state index in [2.05, 4.69) is 5.32 Å². The maximum Gasteiger partial charge on any atom is 0.326 e. The highest BCUT2D eigenvalue weighted by Gasteiger charge is 2.22. The lowest BCUT2D eigenvalue weighted by molar-refractivity contribution is -0.142. The minimum absolute atomic E-state index is 0.161. The zero-order chi connectivity index (χ0) is 15.3. The van der Waals surface area contributed by atoms with E-state index in [0.29, 0.717) is 0 Å². The van der Waals surface area contributed by atoms with E-state index in [0.717, 1.165) is 16.7 Å². The molecule has 0 fully saturated rings. The second-order valence-corrected chi connectivity index (χ2v) is 5.26. The van der Waals surface area contributed by atoms with Crippen LogP contribution in [0.15, 0.2) is 24.3 Å². The van der Waals surface area contributed by atoms with Crippen LogP contribution in [0.2, 0.25) is 0 Å². The van der Waals surface area contributed by atoms with Crippen molar-refractivity contribution in [3.05, 3.63) is 41.0 Å². The Bertz CT molecular complexity index is 533. The van der Waals surface area contributed by atoms with Gasteiger partial charge in [0.1, 0.15) is 6.04 Å². The van der Waals surface area contributed by atoms with Crippen LogP contribution in [0.3, 0.4) is 0 Å². The third-order valence-corrected chi connectivity index (χ3v) is 3.07. The van der Waals surface area contributed by atoms with Gasteiger partial charge in [0.2, 0.25) is 5.91 Å². The summed E-state index contributed by atoms with van der Waals surface area (Å²) in [5.74, 6) is -1.58. The number of benzene rings is 1. The maximum absolute atomic E-state index is 11.8. The number of nitrogens with one attached hydrogen (secondary N) is 1. The summed E-state index contributed by atoms with van der Waals surface area (Å²) in [6.45, 7) is 7.49. The van der Waals surface area contributed by atoms with Crippen LogP contribution in [0.1, 0.15) is 30.5 Å². The third-order valence-electron chi connectivity index (χ3n) is 3.07. The normalized spacial score (nSPS) is 12.7. The van der Waals surface area contributed by atoms with Crippen LogP contribution in [0.25, 0.3) is 6.08 Å². The molecule has 108 valence electrons. The highest BCUT2D eigenvalue weighted by molar-refractivity contribution is 5.94. The van der Waals surface area contributed by atoms with Crippen LogP contribution in [0, 0.1) is 19.8 Å². The molecule has 0 aliphatic carbocycles. The Hall–Kier alpha value is -2.10. The van der Waals surface area contributed by atoms with Crippen LogP contribution in [-0.4, -0.2) is 23.0 Å². The summed E-state index contributed by atoms with van der Waals surface area (Å²) in [4.78, 5) is 22.8. The summed E-state index contributed by atoms with van der Waals surface area (Å²) in [6.07, 6.45) is 3.07. The van der Waals surface area contributed by atoms with Crippen molar-refractivity contribution >= 4 is 18.0 Å². The summed E-state index contributed by atoms with van der Waals surface area (Å²) in [6, 6.07) is 5.07. The molecule has 2 N–H and O–H groups in total. The van der Waals surface area contributed by atoms with E-state index < -0.39 is 17.9 Å². The molecule has 0 bridgehead atoms. The van der Waals surface area contributed by atoms with Crippen molar-refractivity contribution in [3.63, 3.8) is 0 Å². The molecule has 0 aromatic heterocycles. The van der Waals surface area contributed by atoms with Gasteiger partial charge in [-0.05, 0) is 37.0 Å². The molecule has 0 spiro atoms. The molecule has 0 aliphatic heterocycles. The standard InChI is InChI=1S/C16H21NO3/c1-10(2)15(16(19)20)17-14(18)8-7-13-6-5-11(3)9-12(13)4/h5-10,15H,1-4H3,(H,17,18)(H,19,20)/b8-7+. The van der Waals surface area contributed by atoms with Crippen LogP contribution >= 0.6 is 0 Å². The number of aliphatic carboxylic acids is 1. The van der Waals surface area contributed by atoms with E-state index in [1.54, 1.807) is 19.9 Å². The molecule has 1 amide bonds. The van der Waals surface area contributed by atoms with Crippen molar-refractivity contribution in [1.82, 2.24) is 5.32 Å². The average molecular weight is 275 g/mol. The molecular weight excluding hydrogens is 254 g/mol. The van der Waals surface area contributed by atoms with Crippen LogP contribution in [0.4, 0.5) is 0 Å². The van der Waals surface area contributed by atoms with E-state index in [1.807, 2.05) is 32.0 Å². The molecular formula is C16H21NO3. The van der Waals surface area contributed by atoms with Crippen molar-refractivity contribution in [3.8, 4) is 0 Å². The molecule has 1 atom stereocenters. The Kier molecular flexibility index (Phi) is 5.50. The van der Waals surface area contributed by atoms with E-state index in [1.165, 1.54) is 6.08 Å². The van der Waals surface area contributed by atoms with Crippen molar-refractivity contribution in [2.24, 2.45) is 5.92 Å². The molecule has 0 radical (unpaired) electrons. The molecule has 4 nitrogen and oxygen atoms in total. The number of carbonyl (C=O) groups excluding carboxylic acids is 1. The van der Waals surface area contributed by atoms with Crippen molar-refractivity contribution in [2.45, 2.75) is 33.7 Å². The van der Waals surface area contributed by atoms with Gasteiger partial charge in [-0.25, -0.2) is 4.79 Å². The molecule has 0 heterocycles. The first-order valence-electron chi connectivity index (χ1n) is 6.60. The highest BCUT2D eigenvalue weighted by atomic mass is 16.4. The number of carboxylic acids is 1. The topological polar surface area (TPSA) is 66.4 Å². The van der Waals surface area contributed by atoms with Gasteiger partial charge in [0.15, 0.2) is 0 Å². The van der Waals surface area contributed by atoms with Gasteiger partial charge in [-0.15, -0.1) is 0 Å². The molecule has 0 aliphatic rings. The largest absolute Gasteiger partial charge is 0.480 e. The molecule has 20 heavy (non-hydrogen) atoms. The van der Waals surface area contributed by atoms with Gasteiger partial charge in [-0.2, -0.15) is 0 Å². The fourth-order valence-corrected chi connectivity index (χ4v) is 1.89. The van der Waals surface area contributed by atoms with E-state index in [-0.39, 0.29) is 5.92 Å². The van der Waals surface area contributed by atoms with Gasteiger partial charge in [0, 0.05) is 6.08 Å². The van der Waals surface area contributed by atoms with Gasteiger partial charge in [0.05, 0.1) is 0 Å². The molecule has 0 saturated heterocycles. The number of aryl methyl sites for hydroxylation is 2. The highest BCUT2D eigenvalue weighted by Crippen LogP contribution is 2.12. The van der Waals surface area contributed by atoms with Crippen molar-refractivity contribution < 1.29 is 14.7 Å². The maximum atomic E-state index is 11.8. The number of carbonyl (C=O) groups is 2. The van der Waals surface area contributed by atoms with Crippen LogP contribution < -0.4 is 5.32 Å². The van der Waals surface area contributed by atoms with Gasteiger partial charge < -0.3 is 10.4 Å². The minimum Gasteiger partial charge on any atom is -0.480 e. The molecule has 1 aromatic rings. The summed E-state index contributed by atoms with van der Waals surface area (Å²) in [5, 5.41) is 11.5. The zero-order valence-corrected chi connectivity index (χ0v) is 12.3. The Morgan fingerprint density at radius 1 is 1.25 bits per heavy atom. The lowest BCUT2D eigenvalue weighted by atomic mass is 10.0. The molecule has 1 rings (SSSR count). The lowest BCUT2D eigenvalue weighted by Gasteiger charge is -2.16. The van der Waals surface area contributed by atoms with Crippen LogP contribution in [-0.2, 0) is 9.59 Å². The fraction of sp³-hybridized carbons (Fsp3) is 0.375. The SMILES string of the molecule is Cc1ccc(/C=C/C(=O)NC(C(=O)O)C(C)C)c(C)c1. The Balaban J connectivity index is 2.75. The number of rotatable bonds is 5. The predicted octanol–water partition coefficient (Wildman–Crippen LogP) is 2.54. The Labute approximate surface area is 119 Å². The first-order chi connectivity index (χ1) is 9.31. The smallest absolute Gasteiger partial charge is 0.326 e. The van der Waals surface area contributed by atoms with Crippen molar-refractivity contribution in [2.75, 3.05) is 0 Å². The number of hydrogen-bond donors (Lipinski definition) is 2. The zero-order valence-electron chi connectivity index (χ0n) is 12.3.